The van der Waals surface area contributed by atoms with Crippen molar-refractivity contribution in [2.75, 3.05) is 20.3 Å². The number of rotatable bonds is 6. The molecule has 0 aliphatic rings. The maximum Gasteiger partial charge on any atom is 0.273 e. The van der Waals surface area contributed by atoms with Gasteiger partial charge < -0.3 is 10.1 Å². The third-order valence-electron chi connectivity index (χ3n) is 2.62. The lowest BCUT2D eigenvalue weighted by Gasteiger charge is -2.01. The van der Waals surface area contributed by atoms with Crippen molar-refractivity contribution < 1.29 is 13.9 Å². The van der Waals surface area contributed by atoms with Gasteiger partial charge in [0.2, 0.25) is 0 Å². The standard InChI is InChI=1S/C13H15FN4O2/c1-20-7-6-15-13(19)12-9-18(17-16-12)8-10-2-4-11(14)5-3-10/h2-5,9H,6-8H2,1H3,(H,15,19). The first-order chi connectivity index (χ1) is 9.69. The van der Waals surface area contributed by atoms with Crippen molar-refractivity contribution in [2.24, 2.45) is 0 Å². The van der Waals surface area contributed by atoms with Gasteiger partial charge in [0.1, 0.15) is 5.82 Å². The molecule has 0 radical (unpaired) electrons. The normalized spacial score (nSPS) is 10.5. The highest BCUT2D eigenvalue weighted by Gasteiger charge is 2.10. The molecule has 106 valence electrons. The molecule has 20 heavy (non-hydrogen) atoms. The van der Waals surface area contributed by atoms with E-state index in [2.05, 4.69) is 15.6 Å². The molecule has 2 aromatic rings. The first-order valence-electron chi connectivity index (χ1n) is 6.11. The van der Waals surface area contributed by atoms with E-state index in [1.807, 2.05) is 0 Å². The molecule has 0 aliphatic heterocycles. The van der Waals surface area contributed by atoms with Crippen molar-refractivity contribution in [2.45, 2.75) is 6.54 Å². The van der Waals surface area contributed by atoms with E-state index in [0.29, 0.717) is 19.7 Å². The molecule has 0 fully saturated rings. The zero-order valence-corrected chi connectivity index (χ0v) is 11.0. The Morgan fingerprint density at radius 1 is 1.40 bits per heavy atom. The minimum Gasteiger partial charge on any atom is -0.383 e. The smallest absolute Gasteiger partial charge is 0.273 e. The fourth-order valence-corrected chi connectivity index (χ4v) is 1.61. The zero-order chi connectivity index (χ0) is 14.4. The first kappa shape index (κ1) is 14.1. The van der Waals surface area contributed by atoms with Crippen LogP contribution in [0.5, 0.6) is 0 Å². The molecule has 0 saturated carbocycles. The van der Waals surface area contributed by atoms with Gasteiger partial charge in [0.25, 0.3) is 5.91 Å². The molecule has 1 aromatic heterocycles. The SMILES string of the molecule is COCCNC(=O)c1cn(Cc2ccc(F)cc2)nn1. The van der Waals surface area contributed by atoms with E-state index in [0.717, 1.165) is 5.56 Å². The Balaban J connectivity index is 1.94. The summed E-state index contributed by atoms with van der Waals surface area (Å²) in [4.78, 5) is 11.7. The lowest BCUT2D eigenvalue weighted by Crippen LogP contribution is -2.27. The Bertz CT molecular complexity index is 568. The molecule has 1 N–H and O–H groups in total. The molecule has 1 amide bonds. The number of methoxy groups -OCH3 is 1. The average Bonchev–Trinajstić information content (AvgIpc) is 2.90. The van der Waals surface area contributed by atoms with Crippen molar-refractivity contribution >= 4 is 5.91 Å². The van der Waals surface area contributed by atoms with Gasteiger partial charge in [0.05, 0.1) is 19.3 Å². The molecule has 0 spiro atoms. The van der Waals surface area contributed by atoms with E-state index < -0.39 is 0 Å². The van der Waals surface area contributed by atoms with Crippen LogP contribution in [-0.4, -0.2) is 41.2 Å². The molecular weight excluding hydrogens is 263 g/mol. The number of carbonyl (C=O) groups is 1. The van der Waals surface area contributed by atoms with Crippen LogP contribution in [-0.2, 0) is 11.3 Å². The highest BCUT2D eigenvalue weighted by molar-refractivity contribution is 5.91. The van der Waals surface area contributed by atoms with Crippen molar-refractivity contribution in [3.05, 3.63) is 47.5 Å². The summed E-state index contributed by atoms with van der Waals surface area (Å²) in [5.41, 5.74) is 1.12. The number of nitrogens with one attached hydrogen (secondary N) is 1. The number of amides is 1. The van der Waals surface area contributed by atoms with E-state index in [-0.39, 0.29) is 17.4 Å². The van der Waals surface area contributed by atoms with Crippen LogP contribution in [0.1, 0.15) is 16.1 Å². The Morgan fingerprint density at radius 2 is 2.15 bits per heavy atom. The lowest BCUT2D eigenvalue weighted by atomic mass is 10.2. The molecule has 0 bridgehead atoms. The monoisotopic (exact) mass is 278 g/mol. The number of halogens is 1. The van der Waals surface area contributed by atoms with Crippen LogP contribution < -0.4 is 5.32 Å². The summed E-state index contributed by atoms with van der Waals surface area (Å²) in [7, 11) is 1.56. The number of carbonyl (C=O) groups excluding carboxylic acids is 1. The van der Waals surface area contributed by atoms with Crippen LogP contribution in [0, 0.1) is 5.82 Å². The van der Waals surface area contributed by atoms with E-state index in [1.54, 1.807) is 25.4 Å². The number of benzene rings is 1. The van der Waals surface area contributed by atoms with Crippen LogP contribution in [0.3, 0.4) is 0 Å². The topological polar surface area (TPSA) is 69.0 Å². The van der Waals surface area contributed by atoms with Crippen molar-refractivity contribution in [3.8, 4) is 0 Å². The summed E-state index contributed by atoms with van der Waals surface area (Å²) in [6.45, 7) is 1.29. The highest BCUT2D eigenvalue weighted by Crippen LogP contribution is 2.05. The minimum absolute atomic E-state index is 0.239. The molecule has 1 heterocycles. The summed E-state index contributed by atoms with van der Waals surface area (Å²) in [6, 6.07) is 6.08. The molecule has 7 heteroatoms. The lowest BCUT2D eigenvalue weighted by molar-refractivity contribution is 0.0932. The van der Waals surface area contributed by atoms with Gasteiger partial charge in [-0.3, -0.25) is 4.79 Å². The molecule has 6 nitrogen and oxygen atoms in total. The second-order valence-electron chi connectivity index (χ2n) is 4.18. The number of hydrogen-bond acceptors (Lipinski definition) is 4. The third kappa shape index (κ3) is 3.86. The molecule has 2 rings (SSSR count). The number of ether oxygens (including phenoxy) is 1. The Hall–Kier alpha value is -2.28. The molecular formula is C13H15FN4O2. The highest BCUT2D eigenvalue weighted by atomic mass is 19.1. The molecule has 0 saturated heterocycles. The van der Waals surface area contributed by atoms with E-state index in [1.165, 1.54) is 16.8 Å². The summed E-state index contributed by atoms with van der Waals surface area (Å²) in [6.07, 6.45) is 1.55. The molecule has 0 unspecified atom stereocenters. The Labute approximate surface area is 115 Å². The fraction of sp³-hybridized carbons (Fsp3) is 0.308. The van der Waals surface area contributed by atoms with Crippen molar-refractivity contribution in [1.82, 2.24) is 20.3 Å². The summed E-state index contributed by atoms with van der Waals surface area (Å²) in [5.74, 6) is -0.585. The van der Waals surface area contributed by atoms with Gasteiger partial charge >= 0.3 is 0 Å². The van der Waals surface area contributed by atoms with Gasteiger partial charge in [-0.15, -0.1) is 5.10 Å². The number of aromatic nitrogens is 3. The quantitative estimate of drug-likeness (QED) is 0.795. The van der Waals surface area contributed by atoms with Crippen LogP contribution in [0.2, 0.25) is 0 Å². The van der Waals surface area contributed by atoms with E-state index in [4.69, 9.17) is 4.74 Å². The Kier molecular flexibility index (Phi) is 4.78. The number of nitrogens with zero attached hydrogens (tertiary/aromatic N) is 3. The van der Waals surface area contributed by atoms with E-state index >= 15 is 0 Å². The molecule has 1 aromatic carbocycles. The van der Waals surface area contributed by atoms with Crippen molar-refractivity contribution in [1.29, 1.82) is 0 Å². The number of hydrogen-bond donors (Lipinski definition) is 1. The fourth-order valence-electron chi connectivity index (χ4n) is 1.61. The van der Waals surface area contributed by atoms with Crippen LogP contribution in [0.25, 0.3) is 0 Å². The van der Waals surface area contributed by atoms with Crippen molar-refractivity contribution in [3.63, 3.8) is 0 Å². The minimum atomic E-state index is -0.299. The van der Waals surface area contributed by atoms with Gasteiger partial charge in [-0.05, 0) is 17.7 Å². The average molecular weight is 278 g/mol. The van der Waals surface area contributed by atoms with E-state index in [9.17, 15) is 9.18 Å². The summed E-state index contributed by atoms with van der Waals surface area (Å²) in [5, 5.41) is 10.3. The van der Waals surface area contributed by atoms with Crippen LogP contribution in [0.15, 0.2) is 30.5 Å². The second-order valence-corrected chi connectivity index (χ2v) is 4.18. The molecule has 0 atom stereocenters. The predicted molar refractivity (Wildman–Crippen MR) is 69.7 cm³/mol. The van der Waals surface area contributed by atoms with Gasteiger partial charge in [-0.2, -0.15) is 0 Å². The summed E-state index contributed by atoms with van der Waals surface area (Å²) >= 11 is 0. The largest absolute Gasteiger partial charge is 0.383 e. The van der Waals surface area contributed by atoms with Crippen LogP contribution in [0.4, 0.5) is 4.39 Å². The zero-order valence-electron chi connectivity index (χ0n) is 11.0. The second kappa shape index (κ2) is 6.76. The first-order valence-corrected chi connectivity index (χ1v) is 6.11. The Morgan fingerprint density at radius 3 is 2.85 bits per heavy atom. The van der Waals surface area contributed by atoms with Crippen LogP contribution >= 0.6 is 0 Å². The maximum absolute atomic E-state index is 12.8. The van der Waals surface area contributed by atoms with Gasteiger partial charge in [-0.1, -0.05) is 17.3 Å². The predicted octanol–water partition coefficient (Wildman–Crippen LogP) is 0.842. The van der Waals surface area contributed by atoms with Gasteiger partial charge in [-0.25, -0.2) is 9.07 Å². The van der Waals surface area contributed by atoms with Gasteiger partial charge in [0.15, 0.2) is 5.69 Å². The van der Waals surface area contributed by atoms with Gasteiger partial charge in [0, 0.05) is 13.7 Å². The summed E-state index contributed by atoms with van der Waals surface area (Å²) < 4.78 is 19.1. The maximum atomic E-state index is 12.8. The third-order valence-corrected chi connectivity index (χ3v) is 2.62. The molecule has 0 aliphatic carbocycles.